The van der Waals surface area contributed by atoms with Crippen molar-refractivity contribution in [2.45, 2.75) is 53.4 Å². The Morgan fingerprint density at radius 2 is 1.15 bits per heavy atom. The van der Waals surface area contributed by atoms with Crippen LogP contribution in [0.1, 0.15) is 78.1 Å². The molecule has 5 aromatic rings. The first-order chi connectivity index (χ1) is 28.7. The number of amides is 2. The minimum atomic E-state index is -1.67. The second-order valence-electron chi connectivity index (χ2n) is 14.9. The fraction of sp³-hybridized carbons (Fsp3) is 0.174. The van der Waals surface area contributed by atoms with Crippen LogP contribution in [0.15, 0.2) is 92.0 Å². The van der Waals surface area contributed by atoms with Crippen LogP contribution in [0, 0.1) is 13.8 Å². The number of carbonyl (C=O) groups is 2. The molecular weight excluding hydrogens is 820 g/mol. The zero-order valence-electron chi connectivity index (χ0n) is 34.6. The Kier molecular flexibility index (Phi) is 13.7. The number of carbonyl (C=O) groups excluding carboxylic acids is 2. The van der Waals surface area contributed by atoms with Gasteiger partial charge in [0.2, 0.25) is 11.8 Å². The molecule has 5 heterocycles. The molecule has 2 amide bonds. The van der Waals surface area contributed by atoms with Crippen LogP contribution in [-0.4, -0.2) is 56.1 Å². The Bertz CT molecular complexity index is 2820. The number of aryl methyl sites for hydroxylation is 3. The number of rotatable bonds is 12. The summed E-state index contributed by atoms with van der Waals surface area (Å²) in [6, 6.07) is 20.5. The summed E-state index contributed by atoms with van der Waals surface area (Å²) >= 11 is 0. The van der Waals surface area contributed by atoms with Gasteiger partial charge < -0.3 is 40.7 Å². The van der Waals surface area contributed by atoms with E-state index < -0.39 is 14.2 Å². The van der Waals surface area contributed by atoms with Crippen LogP contribution < -0.4 is 31.5 Å². The molecule has 6 N–H and O–H groups in total. The summed E-state index contributed by atoms with van der Waals surface area (Å²) in [5.74, 6) is -0.531. The first-order valence-electron chi connectivity index (χ1n) is 19.6. The number of nitrogens with zero attached hydrogens (tertiary/aromatic N) is 4. The van der Waals surface area contributed by atoms with Crippen LogP contribution in [0.25, 0.3) is 50.4 Å². The molecule has 0 radical (unpaired) electrons. The van der Waals surface area contributed by atoms with Gasteiger partial charge in [0.15, 0.2) is 0 Å². The Morgan fingerprint density at radius 3 is 1.74 bits per heavy atom. The summed E-state index contributed by atoms with van der Waals surface area (Å²) in [6.45, 7) is 16.1. The zero-order valence-corrected chi connectivity index (χ0v) is 37.5. The van der Waals surface area contributed by atoms with Crippen LogP contribution in [-0.2, 0) is 35.5 Å². The molecule has 0 saturated carbocycles. The third-order valence-electron chi connectivity index (χ3n) is 11.0. The molecule has 2 aromatic carbocycles. The average Bonchev–Trinajstić information content (AvgIpc) is 3.88. The quantitative estimate of drug-likeness (QED) is 0.0906. The Morgan fingerprint density at radius 1 is 0.639 bits per heavy atom. The molecule has 12 nitrogen and oxygen atoms in total. The van der Waals surface area contributed by atoms with Crippen molar-refractivity contribution in [3.63, 3.8) is 0 Å². The molecule has 0 unspecified atom stereocenters. The molecule has 15 heteroatoms. The maximum absolute atomic E-state index is 13.3. The minimum Gasteiger partial charge on any atom is -0.657 e. The molecule has 0 atom stereocenters. The van der Waals surface area contributed by atoms with E-state index in [1.165, 1.54) is 12.1 Å². The summed E-state index contributed by atoms with van der Waals surface area (Å²) < 4.78 is 0. The van der Waals surface area contributed by atoms with Crippen LogP contribution in [0.4, 0.5) is 11.4 Å². The number of hydrogen-bond donors (Lipinski definition) is 6. The van der Waals surface area contributed by atoms with Gasteiger partial charge in [-0.15, -0.1) is 22.1 Å². The molecule has 0 aliphatic carbocycles. The first kappa shape index (κ1) is 44.6. The first-order valence-corrected chi connectivity index (χ1v) is 19.6. The van der Waals surface area contributed by atoms with E-state index in [4.69, 9.17) is 19.9 Å². The van der Waals surface area contributed by atoms with Crippen molar-refractivity contribution in [3.05, 3.63) is 137 Å². The molecule has 2 aliphatic heterocycles. The van der Waals surface area contributed by atoms with Gasteiger partial charge in [-0.3, -0.25) is 9.59 Å². The van der Waals surface area contributed by atoms with Gasteiger partial charge in [0.1, 0.15) is 0 Å². The van der Waals surface area contributed by atoms with E-state index >= 15 is 0 Å². The van der Waals surface area contributed by atoms with E-state index in [0.717, 1.165) is 61.5 Å². The predicted octanol–water partition coefficient (Wildman–Crippen LogP) is 5.23. The third-order valence-corrected chi connectivity index (χ3v) is 11.0. The number of benzene rings is 2. The van der Waals surface area contributed by atoms with Crippen LogP contribution in [0.3, 0.4) is 0 Å². The molecule has 61 heavy (non-hydrogen) atoms. The fourth-order valence-corrected chi connectivity index (χ4v) is 7.63. The van der Waals surface area contributed by atoms with E-state index in [1.54, 1.807) is 48.6 Å². The van der Waals surface area contributed by atoms with E-state index in [9.17, 15) is 29.7 Å². The molecular formula is C46H44B2N6O6Zn. The van der Waals surface area contributed by atoms with E-state index in [2.05, 4.69) is 23.8 Å². The van der Waals surface area contributed by atoms with Gasteiger partial charge in [0.05, 0.1) is 22.8 Å². The number of aromatic nitrogens is 4. The summed E-state index contributed by atoms with van der Waals surface area (Å²) in [4.78, 5) is 47.0. The molecule has 302 valence electrons. The van der Waals surface area contributed by atoms with Crippen LogP contribution in [0.2, 0.25) is 0 Å². The zero-order chi connectivity index (χ0) is 42.8. The SMILES string of the molecule is C=CC1=C(C)c2cc3[n-]c(cc4nc(cc5[n-]c(cc1n2)c(C)c5C=C)C(C)=C4CCC(=O)Nc1cccc(B(O)O)c1)c(CCC(=O)Nc1cccc(B(O)O)c1)c3C.[Zn+2]. The predicted molar refractivity (Wildman–Crippen MR) is 241 cm³/mol. The van der Waals surface area contributed by atoms with Crippen molar-refractivity contribution in [1.29, 1.82) is 0 Å². The number of hydrogen-bond acceptors (Lipinski definition) is 8. The van der Waals surface area contributed by atoms with Crippen molar-refractivity contribution in [2.75, 3.05) is 10.6 Å². The van der Waals surface area contributed by atoms with Gasteiger partial charge in [0.25, 0.3) is 0 Å². The second-order valence-corrected chi connectivity index (χ2v) is 14.9. The molecule has 0 fully saturated rings. The molecule has 0 spiro atoms. The van der Waals surface area contributed by atoms with Gasteiger partial charge in [0, 0.05) is 29.8 Å². The second kappa shape index (κ2) is 18.8. The fourth-order valence-electron chi connectivity index (χ4n) is 7.63. The van der Waals surface area contributed by atoms with E-state index in [0.29, 0.717) is 52.2 Å². The Labute approximate surface area is 367 Å². The summed E-state index contributed by atoms with van der Waals surface area (Å²) in [5.41, 5.74) is 13.9. The Hall–Kier alpha value is -5.95. The van der Waals surface area contributed by atoms with Crippen LogP contribution >= 0.6 is 0 Å². The monoisotopic (exact) mass is 862 g/mol. The molecule has 2 aliphatic rings. The van der Waals surface area contributed by atoms with Gasteiger partial charge in [-0.2, -0.15) is 0 Å². The third kappa shape index (κ3) is 9.52. The van der Waals surface area contributed by atoms with Gasteiger partial charge >= 0.3 is 33.7 Å². The average molecular weight is 864 g/mol. The van der Waals surface area contributed by atoms with Gasteiger partial charge in [-0.1, -0.05) is 90.5 Å². The van der Waals surface area contributed by atoms with Gasteiger partial charge in [-0.25, -0.2) is 9.97 Å². The smallest absolute Gasteiger partial charge is 0.657 e. The summed E-state index contributed by atoms with van der Waals surface area (Å²) in [6.07, 6.45) is 4.45. The van der Waals surface area contributed by atoms with Gasteiger partial charge in [-0.05, 0) is 98.0 Å². The van der Waals surface area contributed by atoms with Crippen LogP contribution in [0.5, 0.6) is 0 Å². The maximum Gasteiger partial charge on any atom is 2.00 e. The molecule has 3 aromatic heterocycles. The number of anilines is 2. The van der Waals surface area contributed by atoms with E-state index in [-0.39, 0.29) is 55.1 Å². The van der Waals surface area contributed by atoms with Crippen molar-refractivity contribution in [2.24, 2.45) is 0 Å². The standard InChI is InChI=1S/C46H46B2N6O6.Zn/c1-7-33-25(3)37-21-38-27(5)35(15-17-45(55)49-31-13-9-11-29(19-31)47(57)58)43(53-38)24-44-36(16-18-46(56)50-32-14-10-12-30(20-32)48(59)60)28(6)40(54-44)23-42-34(8-2)26(4)39(52-42)22-41(33)51-37;/h7-14,19-24,57-60H,1-2,15-18H2,3-6H3,(H4,49,50,51,52,53,54,55,56);/q;+2/p-2. The summed E-state index contributed by atoms with van der Waals surface area (Å²) in [5, 5.41) is 44.2. The number of nitrogens with one attached hydrogen (secondary N) is 2. The van der Waals surface area contributed by atoms with Crippen molar-refractivity contribution in [1.82, 2.24) is 19.9 Å². The largest absolute Gasteiger partial charge is 2.00 e. The minimum absolute atomic E-state index is 0. The molecule has 8 bridgehead atoms. The van der Waals surface area contributed by atoms with Crippen molar-refractivity contribution in [3.8, 4) is 0 Å². The maximum atomic E-state index is 13.3. The summed E-state index contributed by atoms with van der Waals surface area (Å²) in [7, 11) is -3.33. The van der Waals surface area contributed by atoms with E-state index in [1.807, 2.05) is 52.0 Å². The molecule has 7 rings (SSSR count). The number of fused-ring (bicyclic) bond motifs is 8. The Balaban J connectivity index is 0.00000622. The normalized spacial score (nSPS) is 12.2. The molecule has 0 saturated heterocycles. The van der Waals surface area contributed by atoms with Crippen molar-refractivity contribution >= 4 is 98.8 Å². The topological polar surface area (TPSA) is 193 Å². The number of allylic oxidation sites excluding steroid dienone is 5. The van der Waals surface area contributed by atoms with Crippen molar-refractivity contribution < 1.29 is 49.2 Å².